The van der Waals surface area contributed by atoms with E-state index in [-0.39, 0.29) is 23.6 Å². The average molecular weight is 483 g/mol. The smallest absolute Gasteiger partial charge is 0.416 e. The Hall–Kier alpha value is -3.37. The third-order valence-electron chi connectivity index (χ3n) is 4.54. The minimum absolute atomic E-state index is 0.0768. The quantitative estimate of drug-likeness (QED) is 0.638. The molecule has 2 rings (SSSR count). The van der Waals surface area contributed by atoms with Gasteiger partial charge in [-0.2, -0.15) is 13.2 Å². The van der Waals surface area contributed by atoms with Crippen LogP contribution in [0.4, 0.5) is 23.8 Å². The van der Waals surface area contributed by atoms with Crippen molar-refractivity contribution in [3.05, 3.63) is 35.4 Å². The number of aromatic hydroxyl groups is 1. The van der Waals surface area contributed by atoms with Gasteiger partial charge in [-0.15, -0.1) is 10.2 Å². The number of phenolic OH excluding ortho intramolecular Hbond substituents is 1. The van der Waals surface area contributed by atoms with E-state index >= 15 is 0 Å². The molecule has 0 unspecified atom stereocenters. The summed E-state index contributed by atoms with van der Waals surface area (Å²) < 4.78 is 44.1. The molecule has 0 saturated heterocycles. The van der Waals surface area contributed by atoms with Gasteiger partial charge in [0.05, 0.1) is 5.56 Å². The Kier molecular flexibility index (Phi) is 7.49. The van der Waals surface area contributed by atoms with Crippen LogP contribution in [0.2, 0.25) is 0 Å². The van der Waals surface area contributed by atoms with Crippen LogP contribution in [0, 0.1) is 0 Å². The Morgan fingerprint density at radius 3 is 2.18 bits per heavy atom. The van der Waals surface area contributed by atoms with Gasteiger partial charge >= 0.3 is 12.3 Å². The second-order valence-electron chi connectivity index (χ2n) is 9.86. The molecule has 8 nitrogen and oxygen atoms in total. The third-order valence-corrected chi connectivity index (χ3v) is 4.54. The van der Waals surface area contributed by atoms with Gasteiger partial charge in [-0.3, -0.25) is 4.79 Å². The van der Waals surface area contributed by atoms with Crippen molar-refractivity contribution >= 4 is 17.8 Å². The molecule has 0 aliphatic heterocycles. The molecule has 2 aromatic rings. The van der Waals surface area contributed by atoms with Crippen LogP contribution < -0.4 is 5.32 Å². The number of carbonyl (C=O) groups excluding carboxylic acids is 2. The molecule has 1 aromatic heterocycles. The fraction of sp³-hybridized carbons (Fsp3) is 0.478. The number of likely N-dealkylation sites (N-methyl/N-ethyl adjacent to an activating group) is 1. The molecule has 0 radical (unpaired) electrons. The van der Waals surface area contributed by atoms with Crippen LogP contribution in [0.1, 0.15) is 52.7 Å². The number of ether oxygens (including phenoxy) is 1. The summed E-state index contributed by atoms with van der Waals surface area (Å²) >= 11 is 0. The Balaban J connectivity index is 2.31. The van der Waals surface area contributed by atoms with E-state index in [2.05, 4.69) is 15.5 Å². The Morgan fingerprint density at radius 2 is 1.68 bits per heavy atom. The van der Waals surface area contributed by atoms with Crippen molar-refractivity contribution in [1.29, 1.82) is 0 Å². The molecule has 2 N–H and O–H groups in total. The minimum atomic E-state index is -4.60. The van der Waals surface area contributed by atoms with E-state index in [0.29, 0.717) is 11.6 Å². The first kappa shape index (κ1) is 26.9. The second-order valence-corrected chi connectivity index (χ2v) is 9.86. The first-order valence-electron chi connectivity index (χ1n) is 10.4. The maximum absolute atomic E-state index is 13.0. The highest BCUT2D eigenvalue weighted by molar-refractivity contribution is 5.93. The fourth-order valence-corrected chi connectivity index (χ4v) is 2.93. The van der Waals surface area contributed by atoms with Crippen molar-refractivity contribution in [3.8, 4) is 17.0 Å². The summed E-state index contributed by atoms with van der Waals surface area (Å²) in [7, 11) is 1.41. The average Bonchev–Trinajstić information content (AvgIpc) is 2.65. The molecule has 1 aromatic carbocycles. The molecule has 0 fully saturated rings. The lowest BCUT2D eigenvalue weighted by Gasteiger charge is -2.24. The van der Waals surface area contributed by atoms with E-state index in [1.807, 2.05) is 20.8 Å². The molecule has 2 amide bonds. The number of amides is 2. The molecule has 186 valence electrons. The highest BCUT2D eigenvalue weighted by atomic mass is 19.4. The van der Waals surface area contributed by atoms with Gasteiger partial charge in [-0.05, 0) is 56.0 Å². The van der Waals surface area contributed by atoms with Crippen molar-refractivity contribution in [2.45, 2.75) is 58.7 Å². The van der Waals surface area contributed by atoms with Crippen LogP contribution >= 0.6 is 0 Å². The number of phenols is 1. The monoisotopic (exact) mass is 482 g/mol. The van der Waals surface area contributed by atoms with Crippen LogP contribution in [-0.2, 0) is 21.1 Å². The van der Waals surface area contributed by atoms with E-state index in [1.165, 1.54) is 13.1 Å². The van der Waals surface area contributed by atoms with Gasteiger partial charge in [-0.25, -0.2) is 4.79 Å². The highest BCUT2D eigenvalue weighted by Crippen LogP contribution is 2.39. The van der Waals surface area contributed by atoms with Gasteiger partial charge in [0.25, 0.3) is 0 Å². The molecular weight excluding hydrogens is 453 g/mol. The molecule has 0 aliphatic rings. The summed E-state index contributed by atoms with van der Waals surface area (Å²) in [5.41, 5.74) is -1.47. The van der Waals surface area contributed by atoms with Crippen LogP contribution in [0.5, 0.6) is 5.75 Å². The number of rotatable bonds is 4. The molecule has 11 heteroatoms. The summed E-state index contributed by atoms with van der Waals surface area (Å²) in [6.45, 7) is 10.3. The molecule has 34 heavy (non-hydrogen) atoms. The lowest BCUT2D eigenvalue weighted by molar-refractivity contribution is -0.137. The van der Waals surface area contributed by atoms with Crippen molar-refractivity contribution in [1.82, 2.24) is 15.1 Å². The number of hydrogen-bond donors (Lipinski definition) is 2. The predicted molar refractivity (Wildman–Crippen MR) is 120 cm³/mol. The molecule has 0 atom stereocenters. The number of halogens is 3. The molecule has 0 aliphatic carbocycles. The van der Waals surface area contributed by atoms with Gasteiger partial charge in [0.1, 0.15) is 23.6 Å². The number of nitrogens with one attached hydrogen (secondary N) is 1. The van der Waals surface area contributed by atoms with Crippen LogP contribution in [0.3, 0.4) is 0 Å². The van der Waals surface area contributed by atoms with Crippen LogP contribution in [0.15, 0.2) is 24.3 Å². The summed E-state index contributed by atoms with van der Waals surface area (Å²) in [5.74, 6) is -1.05. The van der Waals surface area contributed by atoms with Crippen molar-refractivity contribution in [2.24, 2.45) is 0 Å². The largest absolute Gasteiger partial charge is 0.507 e. The van der Waals surface area contributed by atoms with Crippen molar-refractivity contribution in [3.63, 3.8) is 0 Å². The lowest BCUT2D eigenvalue weighted by atomic mass is 9.84. The summed E-state index contributed by atoms with van der Waals surface area (Å²) in [4.78, 5) is 25.6. The molecule has 1 heterocycles. The van der Waals surface area contributed by atoms with E-state index in [4.69, 9.17) is 4.74 Å². The minimum Gasteiger partial charge on any atom is -0.507 e. The first-order chi connectivity index (χ1) is 15.4. The fourth-order valence-electron chi connectivity index (χ4n) is 2.93. The Labute approximate surface area is 196 Å². The number of carbonyl (C=O) groups is 2. The highest BCUT2D eigenvalue weighted by Gasteiger charge is 2.32. The van der Waals surface area contributed by atoms with Crippen LogP contribution in [0.25, 0.3) is 11.3 Å². The number of aromatic nitrogens is 2. The SMILES string of the molecule is CN(CC(=O)Nc1cc(C(C)(C)C)c(-c2ccc(C(F)(F)F)cc2O)nn1)C(=O)OC(C)(C)C. The number of benzene rings is 1. The number of alkyl halides is 3. The first-order valence-corrected chi connectivity index (χ1v) is 10.4. The van der Waals surface area contributed by atoms with Crippen LogP contribution in [-0.4, -0.2) is 51.4 Å². The standard InChI is InChI=1S/C23H29F3N4O4/c1-21(2,3)15-11-17(27-18(32)12-30(7)20(33)34-22(4,5)6)28-29-19(15)14-9-8-13(10-16(14)31)23(24,25)26/h8-11,31H,12H2,1-7H3,(H,27,28,32). The van der Waals surface area contributed by atoms with E-state index < -0.39 is 40.5 Å². The molecule has 0 saturated carbocycles. The third kappa shape index (κ3) is 7.06. The summed E-state index contributed by atoms with van der Waals surface area (Å²) in [6.07, 6.45) is -5.27. The zero-order valence-corrected chi connectivity index (χ0v) is 20.2. The normalized spacial score (nSPS) is 12.3. The summed E-state index contributed by atoms with van der Waals surface area (Å²) in [5, 5.41) is 20.8. The van der Waals surface area contributed by atoms with Crippen molar-refractivity contribution in [2.75, 3.05) is 18.9 Å². The predicted octanol–water partition coefficient (Wildman–Crippen LogP) is 4.97. The Morgan fingerprint density at radius 1 is 1.06 bits per heavy atom. The Bertz CT molecular complexity index is 1070. The lowest BCUT2D eigenvalue weighted by Crippen LogP contribution is -2.38. The molecular formula is C23H29F3N4O4. The van der Waals surface area contributed by atoms with Gasteiger partial charge in [0, 0.05) is 12.6 Å². The van der Waals surface area contributed by atoms with Gasteiger partial charge < -0.3 is 20.1 Å². The maximum atomic E-state index is 13.0. The van der Waals surface area contributed by atoms with Gasteiger partial charge in [0.2, 0.25) is 5.91 Å². The maximum Gasteiger partial charge on any atom is 0.416 e. The number of hydrogen-bond acceptors (Lipinski definition) is 6. The zero-order valence-electron chi connectivity index (χ0n) is 20.2. The van der Waals surface area contributed by atoms with E-state index in [9.17, 15) is 27.9 Å². The topological polar surface area (TPSA) is 105 Å². The van der Waals surface area contributed by atoms with E-state index in [1.54, 1.807) is 20.8 Å². The number of anilines is 1. The molecule has 0 spiro atoms. The van der Waals surface area contributed by atoms with Crippen molar-refractivity contribution < 1.29 is 32.6 Å². The second kappa shape index (κ2) is 9.47. The molecule has 0 bridgehead atoms. The number of nitrogens with zero attached hydrogens (tertiary/aromatic N) is 3. The summed E-state index contributed by atoms with van der Waals surface area (Å²) in [6, 6.07) is 4.15. The van der Waals surface area contributed by atoms with Gasteiger partial charge in [-0.1, -0.05) is 20.8 Å². The van der Waals surface area contributed by atoms with E-state index in [0.717, 1.165) is 17.0 Å². The zero-order chi connectivity index (χ0) is 26.1. The van der Waals surface area contributed by atoms with Gasteiger partial charge in [0.15, 0.2) is 5.82 Å².